The van der Waals surface area contributed by atoms with E-state index in [0.717, 1.165) is 0 Å². The van der Waals surface area contributed by atoms with Crippen LogP contribution in [-0.2, 0) is 10.0 Å². The molecule has 0 aliphatic carbocycles. The fourth-order valence-electron chi connectivity index (χ4n) is 0.659. The number of nitrogen functional groups attached to an aromatic ring is 1. The quantitative estimate of drug-likeness (QED) is 0.738. The minimum absolute atomic E-state index is 0.0278. The highest BCUT2D eigenvalue weighted by Gasteiger charge is 2.15. The van der Waals surface area contributed by atoms with Crippen molar-refractivity contribution in [2.45, 2.75) is 5.03 Å². The van der Waals surface area contributed by atoms with Gasteiger partial charge < -0.3 is 5.73 Å². The van der Waals surface area contributed by atoms with Crippen molar-refractivity contribution >= 4 is 31.6 Å². The summed E-state index contributed by atoms with van der Waals surface area (Å²) in [5, 5.41) is 4.53. The van der Waals surface area contributed by atoms with Crippen LogP contribution in [0.25, 0.3) is 0 Å². The lowest BCUT2D eigenvalue weighted by Crippen LogP contribution is -2.16. The Morgan fingerprint density at radius 3 is 2.50 bits per heavy atom. The molecule has 4 N–H and O–H groups in total. The maximum absolute atomic E-state index is 10.8. The summed E-state index contributed by atoms with van der Waals surface area (Å²) in [7, 11) is -3.82. The second kappa shape index (κ2) is 3.00. The molecule has 0 fully saturated rings. The highest BCUT2D eigenvalue weighted by Crippen LogP contribution is 2.23. The molecule has 1 heterocycles. The van der Waals surface area contributed by atoms with Crippen LogP contribution in [0.5, 0.6) is 0 Å². The average molecular weight is 252 g/mol. The van der Waals surface area contributed by atoms with Gasteiger partial charge in [-0.2, -0.15) is 0 Å². The highest BCUT2D eigenvalue weighted by molar-refractivity contribution is 9.10. The monoisotopic (exact) mass is 251 g/mol. The van der Waals surface area contributed by atoms with Gasteiger partial charge in [-0.15, -0.1) is 0 Å². The minimum atomic E-state index is -3.82. The van der Waals surface area contributed by atoms with E-state index in [1.165, 1.54) is 12.3 Å². The van der Waals surface area contributed by atoms with Gasteiger partial charge in [0.25, 0.3) is 10.0 Å². The number of halogens is 1. The fourth-order valence-corrected chi connectivity index (χ4v) is 1.72. The van der Waals surface area contributed by atoms with Gasteiger partial charge in [0.2, 0.25) is 0 Å². The maximum atomic E-state index is 10.8. The first-order valence-electron chi connectivity index (χ1n) is 2.85. The molecule has 0 aliphatic rings. The van der Waals surface area contributed by atoms with Gasteiger partial charge in [-0.3, -0.25) is 0 Å². The SMILES string of the molecule is Nc1c(Br)ccnc1S(N)(=O)=O. The number of aromatic nitrogens is 1. The Hall–Kier alpha value is -0.660. The van der Waals surface area contributed by atoms with Gasteiger partial charge in [-0.05, 0) is 22.0 Å². The van der Waals surface area contributed by atoms with Crippen molar-refractivity contribution in [3.63, 3.8) is 0 Å². The summed E-state index contributed by atoms with van der Waals surface area (Å²) in [5.74, 6) is 0. The number of nitrogens with zero attached hydrogens (tertiary/aromatic N) is 1. The third kappa shape index (κ3) is 1.74. The van der Waals surface area contributed by atoms with Gasteiger partial charge in [-0.25, -0.2) is 18.5 Å². The second-order valence-electron chi connectivity index (χ2n) is 2.06. The van der Waals surface area contributed by atoms with Crippen LogP contribution in [0.4, 0.5) is 5.69 Å². The Kier molecular flexibility index (Phi) is 2.36. The van der Waals surface area contributed by atoms with Gasteiger partial charge in [0.05, 0.1) is 5.69 Å². The molecule has 0 bridgehead atoms. The number of hydrogen-bond acceptors (Lipinski definition) is 4. The summed E-state index contributed by atoms with van der Waals surface area (Å²) in [6, 6.07) is 1.53. The molecule has 1 aromatic rings. The first-order valence-corrected chi connectivity index (χ1v) is 5.19. The third-order valence-electron chi connectivity index (χ3n) is 1.17. The van der Waals surface area contributed by atoms with Gasteiger partial charge in [0.1, 0.15) is 0 Å². The van der Waals surface area contributed by atoms with E-state index >= 15 is 0 Å². The molecule has 0 amide bonds. The minimum Gasteiger partial charge on any atom is -0.395 e. The number of hydrogen-bond donors (Lipinski definition) is 2. The number of primary sulfonamides is 1. The van der Waals surface area contributed by atoms with Crippen LogP contribution in [0.3, 0.4) is 0 Å². The van der Waals surface area contributed by atoms with Crippen molar-refractivity contribution in [3.05, 3.63) is 16.7 Å². The highest BCUT2D eigenvalue weighted by atomic mass is 79.9. The zero-order valence-electron chi connectivity index (χ0n) is 5.86. The number of anilines is 1. The number of rotatable bonds is 1. The predicted molar refractivity (Wildman–Crippen MR) is 47.7 cm³/mol. The lowest BCUT2D eigenvalue weighted by molar-refractivity contribution is 0.594. The molecule has 7 heteroatoms. The van der Waals surface area contributed by atoms with E-state index in [2.05, 4.69) is 20.9 Å². The maximum Gasteiger partial charge on any atom is 0.257 e. The standard InChI is InChI=1S/C5H6BrN3O2S/c6-3-1-2-9-5(4(3)7)12(8,10)11/h1-2H,7H2,(H2,8,10,11). The first-order chi connectivity index (χ1) is 5.43. The molecule has 0 radical (unpaired) electrons. The van der Waals surface area contributed by atoms with E-state index in [4.69, 9.17) is 10.9 Å². The molecule has 1 rings (SSSR count). The van der Waals surface area contributed by atoms with Crippen molar-refractivity contribution < 1.29 is 8.42 Å². The summed E-state index contributed by atoms with van der Waals surface area (Å²) in [6.07, 6.45) is 1.31. The summed E-state index contributed by atoms with van der Waals surface area (Å²) < 4.78 is 22.1. The van der Waals surface area contributed by atoms with E-state index in [9.17, 15) is 8.42 Å². The summed E-state index contributed by atoms with van der Waals surface area (Å²) in [4.78, 5) is 3.54. The molecular weight excluding hydrogens is 246 g/mol. The molecule has 0 saturated carbocycles. The van der Waals surface area contributed by atoms with Crippen LogP contribution < -0.4 is 10.9 Å². The Morgan fingerprint density at radius 2 is 2.08 bits per heavy atom. The van der Waals surface area contributed by atoms with Gasteiger partial charge >= 0.3 is 0 Å². The van der Waals surface area contributed by atoms with Crippen molar-refractivity contribution in [3.8, 4) is 0 Å². The lowest BCUT2D eigenvalue weighted by atomic mass is 10.4. The Morgan fingerprint density at radius 1 is 1.50 bits per heavy atom. The molecule has 66 valence electrons. The van der Waals surface area contributed by atoms with Crippen LogP contribution >= 0.6 is 15.9 Å². The lowest BCUT2D eigenvalue weighted by Gasteiger charge is -2.02. The Labute approximate surface area is 78.0 Å². The van der Waals surface area contributed by atoms with Gasteiger partial charge in [0.15, 0.2) is 5.03 Å². The smallest absolute Gasteiger partial charge is 0.257 e. The fraction of sp³-hybridized carbons (Fsp3) is 0. The van der Waals surface area contributed by atoms with E-state index in [1.54, 1.807) is 0 Å². The van der Waals surface area contributed by atoms with Crippen molar-refractivity contribution in [1.29, 1.82) is 0 Å². The Bertz CT molecular complexity index is 403. The predicted octanol–water partition coefficient (Wildman–Crippen LogP) is 0.0737. The zero-order chi connectivity index (χ0) is 9.35. The van der Waals surface area contributed by atoms with Gasteiger partial charge in [-0.1, -0.05) is 0 Å². The second-order valence-corrected chi connectivity index (χ2v) is 4.39. The van der Waals surface area contributed by atoms with Crippen molar-refractivity contribution in [2.24, 2.45) is 5.14 Å². The first kappa shape index (κ1) is 9.43. The van der Waals surface area contributed by atoms with E-state index in [0.29, 0.717) is 4.47 Å². The van der Waals surface area contributed by atoms with Crippen molar-refractivity contribution in [2.75, 3.05) is 5.73 Å². The molecule has 0 saturated heterocycles. The summed E-state index contributed by atoms with van der Waals surface area (Å²) in [6.45, 7) is 0. The van der Waals surface area contributed by atoms with Crippen LogP contribution in [0, 0.1) is 0 Å². The molecule has 0 aromatic carbocycles. The normalized spacial score (nSPS) is 11.5. The number of sulfonamides is 1. The molecule has 0 aliphatic heterocycles. The molecule has 1 aromatic heterocycles. The molecule has 0 atom stereocenters. The van der Waals surface area contributed by atoms with Crippen LogP contribution in [0.15, 0.2) is 21.8 Å². The van der Waals surface area contributed by atoms with E-state index in [1.807, 2.05) is 0 Å². The number of nitrogens with two attached hydrogens (primary N) is 2. The van der Waals surface area contributed by atoms with E-state index in [-0.39, 0.29) is 10.7 Å². The molecule has 0 unspecified atom stereocenters. The van der Waals surface area contributed by atoms with Crippen LogP contribution in [-0.4, -0.2) is 13.4 Å². The molecule has 5 nitrogen and oxygen atoms in total. The molecule has 0 spiro atoms. The largest absolute Gasteiger partial charge is 0.395 e. The van der Waals surface area contributed by atoms with Crippen LogP contribution in [0.1, 0.15) is 0 Å². The van der Waals surface area contributed by atoms with Crippen molar-refractivity contribution in [1.82, 2.24) is 4.98 Å². The number of pyridine rings is 1. The zero-order valence-corrected chi connectivity index (χ0v) is 8.26. The Balaban J connectivity index is 3.47. The van der Waals surface area contributed by atoms with Gasteiger partial charge in [0, 0.05) is 10.7 Å². The summed E-state index contributed by atoms with van der Waals surface area (Å²) >= 11 is 3.05. The molecular formula is C5H6BrN3O2S. The molecule has 12 heavy (non-hydrogen) atoms. The average Bonchev–Trinajstić information content (AvgIpc) is 1.92. The summed E-state index contributed by atoms with van der Waals surface area (Å²) in [5.41, 5.74) is 5.43. The third-order valence-corrected chi connectivity index (χ3v) is 2.73. The van der Waals surface area contributed by atoms with Crippen LogP contribution in [0.2, 0.25) is 0 Å². The van der Waals surface area contributed by atoms with E-state index < -0.39 is 10.0 Å². The topological polar surface area (TPSA) is 99.1 Å².